The van der Waals surface area contributed by atoms with Crippen LogP contribution >= 0.6 is 0 Å². The van der Waals surface area contributed by atoms with Crippen molar-refractivity contribution in [1.29, 1.82) is 0 Å². The molecule has 63 valence electrons. The molecule has 12 heavy (non-hydrogen) atoms. The number of hydrogen-bond donors (Lipinski definition) is 0. The smallest absolute Gasteiger partial charge is 0.239 e. The number of rotatable bonds is 4. The fraction of sp³-hybridized carbons (Fsp3) is 0.300. The number of hydrogen-bond acceptors (Lipinski definition) is 2. The zero-order valence-corrected chi connectivity index (χ0v) is 7.04. The van der Waals surface area contributed by atoms with Gasteiger partial charge in [-0.2, -0.15) is 0 Å². The lowest BCUT2D eigenvalue weighted by Crippen LogP contribution is -1.97. The molecular weight excluding hydrogens is 152 g/mol. The van der Waals surface area contributed by atoms with Crippen molar-refractivity contribution in [3.05, 3.63) is 29.8 Å². The van der Waals surface area contributed by atoms with E-state index in [9.17, 15) is 4.79 Å². The molecule has 0 N–H and O–H groups in total. The molecule has 0 aliphatic rings. The van der Waals surface area contributed by atoms with Crippen molar-refractivity contribution in [2.45, 2.75) is 13.3 Å². The summed E-state index contributed by atoms with van der Waals surface area (Å²) in [5, 5.41) is 0. The minimum atomic E-state index is 0.00711. The highest BCUT2D eigenvalue weighted by atomic mass is 16.5. The average molecular weight is 163 g/mol. The van der Waals surface area contributed by atoms with E-state index in [1.54, 1.807) is 6.29 Å². The highest BCUT2D eigenvalue weighted by Crippen LogP contribution is 2.12. The Balaban J connectivity index is 2.65. The van der Waals surface area contributed by atoms with Crippen molar-refractivity contribution in [3.63, 3.8) is 0 Å². The first kappa shape index (κ1) is 8.78. The summed E-state index contributed by atoms with van der Waals surface area (Å²) in [4.78, 5) is 9.88. The molecule has 0 heterocycles. The number of ether oxygens (including phenoxy) is 1. The maximum Gasteiger partial charge on any atom is 0.239 e. The Bertz CT molecular complexity index is 256. The zero-order valence-electron chi connectivity index (χ0n) is 7.04. The fourth-order valence-corrected chi connectivity index (χ4v) is 0.968. The van der Waals surface area contributed by atoms with E-state index in [2.05, 4.69) is 6.92 Å². The molecule has 0 saturated carbocycles. The average Bonchev–Trinajstić information content (AvgIpc) is 2.15. The molecule has 2 nitrogen and oxygen atoms in total. The monoisotopic (exact) mass is 163 g/mol. The van der Waals surface area contributed by atoms with E-state index < -0.39 is 0 Å². The van der Waals surface area contributed by atoms with Crippen LogP contribution in [0.1, 0.15) is 12.5 Å². The lowest BCUT2D eigenvalue weighted by molar-refractivity contribution is 0.364. The molecular formula is C10H11O2. The molecule has 1 aromatic rings. The molecule has 1 rings (SSSR count). The first-order valence-corrected chi connectivity index (χ1v) is 3.93. The van der Waals surface area contributed by atoms with E-state index in [0.717, 1.165) is 12.2 Å². The molecule has 0 saturated heterocycles. The third-order valence-electron chi connectivity index (χ3n) is 1.60. The van der Waals surface area contributed by atoms with Gasteiger partial charge in [0.1, 0.15) is 5.75 Å². The van der Waals surface area contributed by atoms with Gasteiger partial charge in [0.2, 0.25) is 6.29 Å². The molecule has 0 aliphatic carbocycles. The van der Waals surface area contributed by atoms with Crippen molar-refractivity contribution in [2.24, 2.45) is 0 Å². The predicted octanol–water partition coefficient (Wildman–Crippen LogP) is 1.74. The first-order chi connectivity index (χ1) is 5.86. The van der Waals surface area contributed by atoms with Gasteiger partial charge in [-0.05, 0) is 24.1 Å². The van der Waals surface area contributed by atoms with E-state index in [-0.39, 0.29) is 6.61 Å². The lowest BCUT2D eigenvalue weighted by atomic mass is 10.2. The van der Waals surface area contributed by atoms with Crippen molar-refractivity contribution >= 4 is 6.29 Å². The van der Waals surface area contributed by atoms with E-state index in [1.807, 2.05) is 24.3 Å². The summed E-state index contributed by atoms with van der Waals surface area (Å²) in [5.74, 6) is 0.734. The van der Waals surface area contributed by atoms with E-state index in [1.165, 1.54) is 5.56 Å². The van der Waals surface area contributed by atoms with Crippen LogP contribution in [0.3, 0.4) is 0 Å². The summed E-state index contributed by atoms with van der Waals surface area (Å²) in [6, 6.07) is 7.70. The summed E-state index contributed by atoms with van der Waals surface area (Å²) < 4.78 is 5.07. The third-order valence-corrected chi connectivity index (χ3v) is 1.60. The quantitative estimate of drug-likeness (QED) is 0.675. The second kappa shape index (κ2) is 4.54. The van der Waals surface area contributed by atoms with Gasteiger partial charge >= 0.3 is 0 Å². The SMILES string of the molecule is CCc1cccc(OC[C]=O)c1. The Labute approximate surface area is 72.2 Å². The second-order valence-electron chi connectivity index (χ2n) is 2.43. The summed E-state index contributed by atoms with van der Waals surface area (Å²) in [7, 11) is 0. The molecule has 0 amide bonds. The maximum absolute atomic E-state index is 9.88. The molecule has 0 atom stereocenters. The predicted molar refractivity (Wildman–Crippen MR) is 47.0 cm³/mol. The standard InChI is InChI=1S/C10H11O2/c1-2-9-4-3-5-10(8-9)12-7-6-11/h3-5,8H,2,7H2,1H3. The summed E-state index contributed by atoms with van der Waals surface area (Å²) >= 11 is 0. The van der Waals surface area contributed by atoms with Crippen LogP contribution in [0.25, 0.3) is 0 Å². The minimum Gasteiger partial charge on any atom is -0.485 e. The van der Waals surface area contributed by atoms with Crippen LogP contribution in [0.15, 0.2) is 24.3 Å². The van der Waals surface area contributed by atoms with E-state index >= 15 is 0 Å². The number of benzene rings is 1. The van der Waals surface area contributed by atoms with Crippen molar-refractivity contribution in [1.82, 2.24) is 0 Å². The third kappa shape index (κ3) is 2.38. The highest BCUT2D eigenvalue weighted by molar-refractivity contribution is 5.52. The number of aryl methyl sites for hydroxylation is 1. The number of carbonyl (C=O) groups excluding carboxylic acids is 1. The van der Waals surface area contributed by atoms with Crippen LogP contribution in [-0.4, -0.2) is 12.9 Å². The van der Waals surface area contributed by atoms with Gasteiger partial charge in [-0.1, -0.05) is 19.1 Å². The van der Waals surface area contributed by atoms with Crippen LogP contribution < -0.4 is 4.74 Å². The highest BCUT2D eigenvalue weighted by Gasteiger charge is 1.93. The Morgan fingerprint density at radius 3 is 3.00 bits per heavy atom. The zero-order chi connectivity index (χ0) is 8.81. The fourth-order valence-electron chi connectivity index (χ4n) is 0.968. The Morgan fingerprint density at radius 2 is 2.33 bits per heavy atom. The molecule has 0 unspecified atom stereocenters. The topological polar surface area (TPSA) is 26.3 Å². The summed E-state index contributed by atoms with van der Waals surface area (Å²) in [6.45, 7) is 2.08. The maximum atomic E-state index is 9.88. The van der Waals surface area contributed by atoms with Gasteiger partial charge in [0, 0.05) is 0 Å². The minimum absolute atomic E-state index is 0.00711. The molecule has 0 aromatic heterocycles. The van der Waals surface area contributed by atoms with Crippen molar-refractivity contribution in [3.8, 4) is 5.75 Å². The summed E-state index contributed by atoms with van der Waals surface area (Å²) in [6.07, 6.45) is 2.66. The lowest BCUT2D eigenvalue weighted by Gasteiger charge is -2.02. The van der Waals surface area contributed by atoms with Crippen LogP contribution in [0.4, 0.5) is 0 Å². The second-order valence-corrected chi connectivity index (χ2v) is 2.43. The van der Waals surface area contributed by atoms with Gasteiger partial charge in [-0.25, -0.2) is 0 Å². The van der Waals surface area contributed by atoms with Gasteiger partial charge in [-0.3, -0.25) is 4.79 Å². The van der Waals surface area contributed by atoms with E-state index in [0.29, 0.717) is 0 Å². The molecule has 0 fully saturated rings. The summed E-state index contributed by atoms with van der Waals surface area (Å²) in [5.41, 5.74) is 1.21. The largest absolute Gasteiger partial charge is 0.485 e. The molecule has 0 bridgehead atoms. The van der Waals surface area contributed by atoms with Gasteiger partial charge < -0.3 is 4.74 Å². The molecule has 1 aromatic carbocycles. The molecule has 1 radical (unpaired) electrons. The van der Waals surface area contributed by atoms with Gasteiger partial charge in [0.05, 0.1) is 0 Å². The first-order valence-electron chi connectivity index (χ1n) is 3.93. The van der Waals surface area contributed by atoms with Crippen molar-refractivity contribution < 1.29 is 9.53 Å². The molecule has 0 aliphatic heterocycles. The Morgan fingerprint density at radius 1 is 1.50 bits per heavy atom. The van der Waals surface area contributed by atoms with Crippen LogP contribution in [0, 0.1) is 0 Å². The van der Waals surface area contributed by atoms with Crippen LogP contribution in [0.5, 0.6) is 5.75 Å². The normalized spacial score (nSPS) is 9.42. The van der Waals surface area contributed by atoms with Gasteiger partial charge in [0.15, 0.2) is 6.61 Å². The van der Waals surface area contributed by atoms with Crippen molar-refractivity contribution in [2.75, 3.05) is 6.61 Å². The van der Waals surface area contributed by atoms with Gasteiger partial charge in [-0.15, -0.1) is 0 Å². The van der Waals surface area contributed by atoms with Crippen LogP contribution in [-0.2, 0) is 11.2 Å². The van der Waals surface area contributed by atoms with E-state index in [4.69, 9.17) is 4.74 Å². The van der Waals surface area contributed by atoms with Gasteiger partial charge in [0.25, 0.3) is 0 Å². The Kier molecular flexibility index (Phi) is 3.33. The molecule has 0 spiro atoms. The Hall–Kier alpha value is -1.31. The molecule has 2 heteroatoms. The van der Waals surface area contributed by atoms with Crippen LogP contribution in [0.2, 0.25) is 0 Å².